The molecule has 3 heterocycles. The van der Waals surface area contributed by atoms with Gasteiger partial charge in [-0.15, -0.1) is 11.3 Å². The lowest BCUT2D eigenvalue weighted by Crippen LogP contribution is -2.49. The van der Waals surface area contributed by atoms with Crippen LogP contribution < -0.4 is 0 Å². The Bertz CT molecular complexity index is 511. The maximum absolute atomic E-state index is 12.8. The highest BCUT2D eigenvalue weighted by Gasteiger charge is 2.34. The summed E-state index contributed by atoms with van der Waals surface area (Å²) in [6, 6.07) is 4.60. The van der Waals surface area contributed by atoms with E-state index in [2.05, 4.69) is 24.0 Å². The van der Waals surface area contributed by atoms with Crippen LogP contribution in [-0.2, 0) is 22.5 Å². The molecule has 128 valence electrons. The van der Waals surface area contributed by atoms with Crippen LogP contribution in [0.5, 0.6) is 0 Å². The van der Waals surface area contributed by atoms with E-state index in [0.717, 1.165) is 39.0 Å². The number of unbranched alkanes of at least 4 members (excludes halogenated alkanes) is 1. The Morgan fingerprint density at radius 1 is 1.26 bits per heavy atom. The Morgan fingerprint density at radius 3 is 2.83 bits per heavy atom. The average Bonchev–Trinajstić information content (AvgIpc) is 3.23. The van der Waals surface area contributed by atoms with Gasteiger partial charge in [-0.25, -0.2) is 0 Å². The number of likely N-dealkylation sites (tertiary alicyclic amines) is 1. The Hall–Kier alpha value is -0.910. The quantitative estimate of drug-likeness (QED) is 0.801. The maximum Gasteiger partial charge on any atom is 0.240 e. The van der Waals surface area contributed by atoms with Crippen molar-refractivity contribution in [2.24, 2.45) is 0 Å². The molecule has 0 aromatic carbocycles. The molecule has 0 aliphatic carbocycles. The second-order valence-electron chi connectivity index (χ2n) is 6.54. The van der Waals surface area contributed by atoms with E-state index < -0.39 is 0 Å². The van der Waals surface area contributed by atoms with Gasteiger partial charge in [0.25, 0.3) is 0 Å². The van der Waals surface area contributed by atoms with Crippen LogP contribution in [-0.4, -0.2) is 54.6 Å². The van der Waals surface area contributed by atoms with Gasteiger partial charge in [0.05, 0.1) is 19.3 Å². The van der Waals surface area contributed by atoms with Gasteiger partial charge in [-0.3, -0.25) is 9.69 Å². The predicted octanol–water partition coefficient (Wildman–Crippen LogP) is 2.91. The summed E-state index contributed by atoms with van der Waals surface area (Å²) < 4.78 is 5.36. The first-order valence-electron chi connectivity index (χ1n) is 8.96. The molecule has 2 aliphatic heterocycles. The van der Waals surface area contributed by atoms with Gasteiger partial charge in [0.1, 0.15) is 0 Å². The second-order valence-corrected chi connectivity index (χ2v) is 7.79. The Kier molecular flexibility index (Phi) is 6.08. The third-order valence-electron chi connectivity index (χ3n) is 4.82. The van der Waals surface area contributed by atoms with E-state index in [-0.39, 0.29) is 6.04 Å². The summed E-state index contributed by atoms with van der Waals surface area (Å²) in [7, 11) is 0. The smallest absolute Gasteiger partial charge is 0.240 e. The van der Waals surface area contributed by atoms with E-state index in [4.69, 9.17) is 4.74 Å². The van der Waals surface area contributed by atoms with Crippen molar-refractivity contribution in [3.8, 4) is 0 Å². The third-order valence-corrected chi connectivity index (χ3v) is 5.95. The van der Waals surface area contributed by atoms with E-state index in [1.165, 1.54) is 29.0 Å². The molecule has 0 bridgehead atoms. The number of aryl methyl sites for hydroxylation is 1. The van der Waals surface area contributed by atoms with Crippen LogP contribution in [0.3, 0.4) is 0 Å². The number of thiophene rings is 1. The maximum atomic E-state index is 12.8. The average molecular weight is 337 g/mol. The molecule has 0 radical (unpaired) electrons. The number of ether oxygens (including phenoxy) is 1. The number of rotatable bonds is 6. The van der Waals surface area contributed by atoms with E-state index in [1.54, 1.807) is 0 Å². The first-order valence-corrected chi connectivity index (χ1v) is 9.77. The molecule has 0 N–H and O–H groups in total. The summed E-state index contributed by atoms with van der Waals surface area (Å²) in [6.45, 7) is 7.09. The molecule has 1 unspecified atom stereocenters. The van der Waals surface area contributed by atoms with Crippen molar-refractivity contribution in [1.82, 2.24) is 9.80 Å². The lowest BCUT2D eigenvalue weighted by atomic mass is 10.2. The van der Waals surface area contributed by atoms with Crippen molar-refractivity contribution in [3.63, 3.8) is 0 Å². The number of carbonyl (C=O) groups is 1. The molecule has 1 amide bonds. The lowest BCUT2D eigenvalue weighted by Gasteiger charge is -2.32. The number of hydrogen-bond donors (Lipinski definition) is 0. The molecule has 5 heteroatoms. The first kappa shape index (κ1) is 16.9. The summed E-state index contributed by atoms with van der Waals surface area (Å²) in [6.07, 6.45) is 5.84. The van der Waals surface area contributed by atoms with Crippen LogP contribution in [0, 0.1) is 0 Å². The van der Waals surface area contributed by atoms with Crippen LogP contribution in [0.25, 0.3) is 0 Å². The molecular formula is C18H28N2O2S. The van der Waals surface area contributed by atoms with Crippen LogP contribution in [0.15, 0.2) is 12.1 Å². The predicted molar refractivity (Wildman–Crippen MR) is 93.8 cm³/mol. The number of morpholine rings is 1. The van der Waals surface area contributed by atoms with Gasteiger partial charge in [0, 0.05) is 29.4 Å². The first-order chi connectivity index (χ1) is 11.3. The Labute approximate surface area is 143 Å². The van der Waals surface area contributed by atoms with Crippen LogP contribution >= 0.6 is 11.3 Å². The second kappa shape index (κ2) is 8.27. The summed E-state index contributed by atoms with van der Waals surface area (Å²) in [5.41, 5.74) is 0. The third kappa shape index (κ3) is 4.34. The summed E-state index contributed by atoms with van der Waals surface area (Å²) in [4.78, 5) is 20.0. The van der Waals surface area contributed by atoms with Crippen molar-refractivity contribution in [3.05, 3.63) is 21.9 Å². The largest absolute Gasteiger partial charge is 0.378 e. The fraction of sp³-hybridized carbons (Fsp3) is 0.722. The monoisotopic (exact) mass is 336 g/mol. The molecule has 1 atom stereocenters. The molecule has 3 rings (SSSR count). The highest BCUT2D eigenvalue weighted by molar-refractivity contribution is 7.11. The number of nitrogens with zero attached hydrogens (tertiary/aromatic N) is 2. The molecule has 0 spiro atoms. The number of carbonyl (C=O) groups excluding carboxylic acids is 1. The Balaban J connectivity index is 1.58. The molecule has 2 saturated heterocycles. The zero-order valence-electron chi connectivity index (χ0n) is 14.1. The van der Waals surface area contributed by atoms with Gasteiger partial charge in [-0.2, -0.15) is 0 Å². The van der Waals surface area contributed by atoms with E-state index in [1.807, 2.05) is 16.2 Å². The zero-order valence-corrected chi connectivity index (χ0v) is 14.9. The molecule has 2 aliphatic rings. The van der Waals surface area contributed by atoms with Crippen molar-refractivity contribution >= 4 is 17.2 Å². The standard InChI is InChI=1S/C18H28N2O2S/c1-2-3-5-15-7-8-16(23-15)14-20-9-4-6-17(20)18(21)19-10-12-22-13-11-19/h7-8,17H,2-6,9-14H2,1H3. The van der Waals surface area contributed by atoms with Crippen LogP contribution in [0.1, 0.15) is 42.4 Å². The normalized spacial score (nSPS) is 22.7. The number of hydrogen-bond acceptors (Lipinski definition) is 4. The van der Waals surface area contributed by atoms with E-state index in [0.29, 0.717) is 19.1 Å². The molecule has 1 aromatic rings. The van der Waals surface area contributed by atoms with Crippen molar-refractivity contribution in [2.45, 2.75) is 51.6 Å². The van der Waals surface area contributed by atoms with Crippen LogP contribution in [0.4, 0.5) is 0 Å². The minimum absolute atomic E-state index is 0.0780. The van der Waals surface area contributed by atoms with Gasteiger partial charge < -0.3 is 9.64 Å². The van der Waals surface area contributed by atoms with Crippen molar-refractivity contribution < 1.29 is 9.53 Å². The lowest BCUT2D eigenvalue weighted by molar-refractivity contribution is -0.140. The molecular weight excluding hydrogens is 308 g/mol. The van der Waals surface area contributed by atoms with E-state index >= 15 is 0 Å². The summed E-state index contributed by atoms with van der Waals surface area (Å²) in [5, 5.41) is 0. The molecule has 4 nitrogen and oxygen atoms in total. The summed E-state index contributed by atoms with van der Waals surface area (Å²) >= 11 is 1.92. The fourth-order valence-corrected chi connectivity index (χ4v) is 4.57. The molecule has 2 fully saturated rings. The topological polar surface area (TPSA) is 32.8 Å². The van der Waals surface area contributed by atoms with Gasteiger partial charge in [-0.1, -0.05) is 13.3 Å². The fourth-order valence-electron chi connectivity index (χ4n) is 3.48. The SMILES string of the molecule is CCCCc1ccc(CN2CCCC2C(=O)N2CCOCC2)s1. The zero-order chi connectivity index (χ0) is 16.1. The highest BCUT2D eigenvalue weighted by Crippen LogP contribution is 2.26. The number of amides is 1. The Morgan fingerprint density at radius 2 is 2.04 bits per heavy atom. The highest BCUT2D eigenvalue weighted by atomic mass is 32.1. The van der Waals surface area contributed by atoms with Gasteiger partial charge in [-0.05, 0) is 44.4 Å². The van der Waals surface area contributed by atoms with Gasteiger partial charge in [0.2, 0.25) is 5.91 Å². The van der Waals surface area contributed by atoms with Crippen molar-refractivity contribution in [2.75, 3.05) is 32.8 Å². The van der Waals surface area contributed by atoms with Gasteiger partial charge >= 0.3 is 0 Å². The van der Waals surface area contributed by atoms with Crippen molar-refractivity contribution in [1.29, 1.82) is 0 Å². The summed E-state index contributed by atoms with van der Waals surface area (Å²) in [5.74, 6) is 0.313. The van der Waals surface area contributed by atoms with Crippen LogP contribution in [0.2, 0.25) is 0 Å². The van der Waals surface area contributed by atoms with Gasteiger partial charge in [0.15, 0.2) is 0 Å². The minimum atomic E-state index is 0.0780. The molecule has 1 aromatic heterocycles. The molecule has 0 saturated carbocycles. The minimum Gasteiger partial charge on any atom is -0.378 e. The van der Waals surface area contributed by atoms with E-state index in [9.17, 15) is 4.79 Å². The molecule has 23 heavy (non-hydrogen) atoms.